The van der Waals surface area contributed by atoms with Gasteiger partial charge in [0, 0.05) is 37.0 Å². The average molecular weight is 540 g/mol. The van der Waals surface area contributed by atoms with Gasteiger partial charge in [0.15, 0.2) is 0 Å². The first-order valence-corrected chi connectivity index (χ1v) is 11.0. The predicted octanol–water partition coefficient (Wildman–Crippen LogP) is 1.88. The smallest absolute Gasteiger partial charge is 0.386 e. The molecule has 3 N–H and O–H groups in total. The number of halogens is 3. The van der Waals surface area contributed by atoms with E-state index in [1.807, 2.05) is 0 Å². The first-order valence-electron chi connectivity index (χ1n) is 11.0. The molecule has 1 unspecified atom stereocenters. The van der Waals surface area contributed by atoms with Gasteiger partial charge >= 0.3 is 18.1 Å². The molecule has 0 aliphatic carbocycles. The van der Waals surface area contributed by atoms with Crippen molar-refractivity contribution in [2.24, 2.45) is 0 Å². The number of esters is 2. The number of nitro benzene ring substituents is 1. The average Bonchev–Trinajstić information content (AvgIpc) is 2.85. The number of carbonyl (C=O) groups is 4. The highest BCUT2D eigenvalue weighted by Gasteiger charge is 2.42. The predicted molar refractivity (Wildman–Crippen MR) is 123 cm³/mol. The fraction of sp³-hybridized carbons (Fsp3) is 0.364. The minimum atomic E-state index is -5.43. The number of nitrogens with one attached hydrogen (secondary N) is 3. The lowest BCUT2D eigenvalue weighted by atomic mass is 10.0. The van der Waals surface area contributed by atoms with Crippen molar-refractivity contribution in [2.75, 3.05) is 18.4 Å². The Morgan fingerprint density at radius 3 is 2.45 bits per heavy atom. The lowest BCUT2D eigenvalue weighted by Gasteiger charge is -2.19. The van der Waals surface area contributed by atoms with Gasteiger partial charge in [-0.05, 0) is 25.0 Å². The number of anilines is 1. The van der Waals surface area contributed by atoms with Crippen LogP contribution in [-0.4, -0.2) is 57.9 Å². The van der Waals surface area contributed by atoms with Gasteiger partial charge in [0.1, 0.15) is 0 Å². The van der Waals surface area contributed by atoms with Crippen molar-refractivity contribution in [1.82, 2.24) is 20.6 Å². The van der Waals surface area contributed by atoms with Crippen LogP contribution in [0.4, 0.5) is 24.8 Å². The van der Waals surface area contributed by atoms with E-state index in [0.717, 1.165) is 6.07 Å². The molecular formula is C22H23F3N6O7. The topological polar surface area (TPSA) is 183 Å². The van der Waals surface area contributed by atoms with Crippen molar-refractivity contribution < 1.29 is 42.0 Å². The molecule has 2 rings (SSSR count). The van der Waals surface area contributed by atoms with Gasteiger partial charge in [-0.15, -0.1) is 0 Å². The molecule has 2 amide bonds. The third-order valence-corrected chi connectivity index (χ3v) is 4.85. The molecule has 1 heterocycles. The highest BCUT2D eigenvalue weighted by Crippen LogP contribution is 2.26. The largest absolute Gasteiger partial charge is 0.491 e. The summed E-state index contributed by atoms with van der Waals surface area (Å²) in [5.74, 6) is -5.33. The van der Waals surface area contributed by atoms with Crippen LogP contribution in [0.2, 0.25) is 0 Å². The van der Waals surface area contributed by atoms with Crippen molar-refractivity contribution in [3.05, 3.63) is 57.9 Å². The van der Waals surface area contributed by atoms with E-state index >= 15 is 0 Å². The first-order chi connectivity index (χ1) is 17.9. The number of benzene rings is 1. The molecule has 0 bridgehead atoms. The van der Waals surface area contributed by atoms with Crippen LogP contribution in [0.1, 0.15) is 36.4 Å². The number of nitrogens with zero attached hydrogens (tertiary/aromatic N) is 3. The Kier molecular flexibility index (Phi) is 10.6. The van der Waals surface area contributed by atoms with E-state index in [9.17, 15) is 42.5 Å². The Hall–Kier alpha value is -4.63. The normalized spacial score (nSPS) is 11.7. The van der Waals surface area contributed by atoms with Crippen molar-refractivity contribution >= 4 is 35.4 Å². The number of aryl methyl sites for hydroxylation is 1. The summed E-state index contributed by atoms with van der Waals surface area (Å²) in [4.78, 5) is 65.8. The number of hydrogen-bond donors (Lipinski definition) is 3. The van der Waals surface area contributed by atoms with Gasteiger partial charge in [-0.2, -0.15) is 13.2 Å². The molecule has 204 valence electrons. The van der Waals surface area contributed by atoms with Crippen LogP contribution in [-0.2, 0) is 23.9 Å². The number of alkyl halides is 3. The quantitative estimate of drug-likeness (QED) is 0.118. The summed E-state index contributed by atoms with van der Waals surface area (Å²) in [6.07, 6.45) is -2.89. The molecule has 0 aliphatic rings. The molecular weight excluding hydrogens is 517 g/mol. The molecule has 0 radical (unpaired) electrons. The minimum Gasteiger partial charge on any atom is -0.386 e. The third kappa shape index (κ3) is 9.79. The highest BCUT2D eigenvalue weighted by molar-refractivity contribution is 5.89. The van der Waals surface area contributed by atoms with Crippen LogP contribution >= 0.6 is 0 Å². The van der Waals surface area contributed by atoms with Gasteiger partial charge in [-0.25, -0.2) is 14.8 Å². The van der Waals surface area contributed by atoms with E-state index in [4.69, 9.17) is 0 Å². The van der Waals surface area contributed by atoms with Crippen LogP contribution in [0.25, 0.3) is 0 Å². The Balaban J connectivity index is 1.98. The number of ether oxygens (including phenoxy) is 1. The maximum Gasteiger partial charge on any atom is 0.491 e. The molecule has 16 heteroatoms. The molecule has 38 heavy (non-hydrogen) atoms. The summed E-state index contributed by atoms with van der Waals surface area (Å²) in [5.41, 5.74) is -0.129. The van der Waals surface area contributed by atoms with Crippen LogP contribution in [0.15, 0.2) is 36.7 Å². The van der Waals surface area contributed by atoms with Gasteiger partial charge in [-0.1, -0.05) is 12.1 Å². The van der Waals surface area contributed by atoms with Crippen molar-refractivity contribution in [3.8, 4) is 0 Å². The number of amides is 2. The zero-order valence-corrected chi connectivity index (χ0v) is 19.9. The summed E-state index contributed by atoms with van der Waals surface area (Å²) in [7, 11) is 0. The second-order valence-electron chi connectivity index (χ2n) is 7.77. The number of carbonyl (C=O) groups excluding carboxylic acids is 4. The van der Waals surface area contributed by atoms with E-state index < -0.39 is 53.9 Å². The molecule has 0 aliphatic heterocycles. The number of rotatable bonds is 12. The van der Waals surface area contributed by atoms with Crippen molar-refractivity contribution in [1.29, 1.82) is 0 Å². The SMILES string of the molecule is Cc1ccc(C(CC(=O)OC(=O)C(F)(F)F)NC(=O)CNC(=O)CCCNc2ncccn2)cc1[N+](=O)[O-]. The summed E-state index contributed by atoms with van der Waals surface area (Å²) in [6.45, 7) is 1.25. The fourth-order valence-electron chi connectivity index (χ4n) is 3.01. The number of hydrogen-bond acceptors (Lipinski definition) is 10. The second kappa shape index (κ2) is 13.6. The van der Waals surface area contributed by atoms with Crippen LogP contribution < -0.4 is 16.0 Å². The minimum absolute atomic E-state index is 0.00686. The molecule has 13 nitrogen and oxygen atoms in total. The lowest BCUT2D eigenvalue weighted by Crippen LogP contribution is -2.39. The highest BCUT2D eigenvalue weighted by atomic mass is 19.4. The Labute approximate surface area is 213 Å². The van der Waals surface area contributed by atoms with Crippen LogP contribution in [0.3, 0.4) is 0 Å². The maximum absolute atomic E-state index is 12.4. The zero-order chi connectivity index (χ0) is 28.3. The molecule has 2 aromatic rings. The van der Waals surface area contributed by atoms with E-state index in [0.29, 0.717) is 18.9 Å². The monoisotopic (exact) mass is 540 g/mol. The summed E-state index contributed by atoms with van der Waals surface area (Å²) < 4.78 is 41.0. The van der Waals surface area contributed by atoms with Crippen LogP contribution in [0, 0.1) is 17.0 Å². The van der Waals surface area contributed by atoms with Gasteiger partial charge in [-0.3, -0.25) is 24.5 Å². The van der Waals surface area contributed by atoms with Crippen LogP contribution in [0.5, 0.6) is 0 Å². The molecule has 1 aromatic heterocycles. The molecule has 0 saturated heterocycles. The van der Waals surface area contributed by atoms with E-state index in [1.54, 1.807) is 6.07 Å². The number of nitro groups is 1. The Morgan fingerprint density at radius 2 is 1.82 bits per heavy atom. The molecule has 0 spiro atoms. The van der Waals surface area contributed by atoms with E-state index in [-0.39, 0.29) is 23.2 Å². The van der Waals surface area contributed by atoms with E-state index in [1.165, 1.54) is 31.5 Å². The Bertz CT molecular complexity index is 1180. The molecule has 1 atom stereocenters. The van der Waals surface area contributed by atoms with E-state index in [2.05, 4.69) is 30.7 Å². The zero-order valence-electron chi connectivity index (χ0n) is 19.9. The second-order valence-corrected chi connectivity index (χ2v) is 7.77. The van der Waals surface area contributed by atoms with Crippen molar-refractivity contribution in [3.63, 3.8) is 0 Å². The standard InChI is InChI=1S/C22H23F3N6O7/c1-13-5-6-14(10-16(13)31(36)37)15(11-19(34)38-20(35)22(23,24)25)30-18(33)12-29-17(32)4-2-7-26-21-27-8-3-9-28-21/h3,5-6,8-10,15H,2,4,7,11-12H2,1H3,(H,29,32)(H,30,33)(H,26,27,28). The molecule has 1 aromatic carbocycles. The van der Waals surface area contributed by atoms with Gasteiger partial charge in [0.2, 0.25) is 17.8 Å². The summed E-state index contributed by atoms with van der Waals surface area (Å²) >= 11 is 0. The number of aromatic nitrogens is 2. The summed E-state index contributed by atoms with van der Waals surface area (Å²) in [5, 5.41) is 18.8. The maximum atomic E-state index is 12.4. The van der Waals surface area contributed by atoms with Gasteiger partial charge in [0.05, 0.1) is 23.9 Å². The molecule has 0 saturated carbocycles. The van der Waals surface area contributed by atoms with Gasteiger partial charge < -0.3 is 20.7 Å². The first kappa shape index (κ1) is 29.6. The molecule has 0 fully saturated rings. The lowest BCUT2D eigenvalue weighted by molar-refractivity contribution is -0.385. The Morgan fingerprint density at radius 1 is 1.13 bits per heavy atom. The third-order valence-electron chi connectivity index (χ3n) is 4.85. The summed E-state index contributed by atoms with van der Waals surface area (Å²) in [6, 6.07) is 3.89. The van der Waals surface area contributed by atoms with Gasteiger partial charge in [0.25, 0.3) is 5.69 Å². The fourth-order valence-corrected chi connectivity index (χ4v) is 3.01. The van der Waals surface area contributed by atoms with Crippen molar-refractivity contribution in [2.45, 2.75) is 38.4 Å².